The number of rotatable bonds is 6. The minimum Gasteiger partial charge on any atom is -0.310 e. The topological polar surface area (TPSA) is 34.2 Å². The first kappa shape index (κ1) is 65.1. The number of thiophene rings is 1. The number of para-hydroxylation sites is 11. The van der Waals surface area contributed by atoms with E-state index in [0.29, 0.717) is 0 Å². The first-order valence-electron chi connectivity index (χ1n) is 38.9. The second-order valence-corrected chi connectivity index (χ2v) is 33.2. The maximum absolute atomic E-state index is 5.16. The molecule has 17 aromatic carbocycles. The van der Waals surface area contributed by atoms with E-state index in [2.05, 4.69) is 424 Å². The third-order valence-corrected chi connectivity index (χ3v) is 27.6. The Hall–Kier alpha value is -13.7. The SMILES string of the molecule is c1ccc(N2c3ccccc3C3(c4ccccc4Sc4cc5c(cc43)c3ccccc3n5-c3ccc(-c4nc5ccccc5n4-c4ccccc4)cc3)c3ccccc32)cc1.c1ccc(N2c3ccccc3C3(c4ccccc4Sc4cc5c(cc43)c3ccccc3n5-c3ccc4sc5ccccc5c4c3)c3ccccc32)cc1. The van der Waals surface area contributed by atoms with Gasteiger partial charge >= 0.3 is 0 Å². The first-order chi connectivity index (χ1) is 56.6. The summed E-state index contributed by atoms with van der Waals surface area (Å²) in [6, 6.07) is 148. The molecule has 4 aromatic heterocycles. The van der Waals surface area contributed by atoms with Crippen LogP contribution in [0.4, 0.5) is 34.1 Å². The average Bonchev–Trinajstić information content (AvgIpc) is 0.987. The van der Waals surface area contributed by atoms with Gasteiger partial charge in [0.2, 0.25) is 0 Å². The van der Waals surface area contributed by atoms with Gasteiger partial charge in [-0.05, 0) is 214 Å². The van der Waals surface area contributed by atoms with E-state index in [1.54, 1.807) is 0 Å². The van der Waals surface area contributed by atoms with Crippen LogP contribution in [0.25, 0.3) is 103 Å². The first-order valence-corrected chi connectivity index (χ1v) is 41.3. The molecule has 25 rings (SSSR count). The van der Waals surface area contributed by atoms with E-state index in [0.717, 1.165) is 45.2 Å². The number of aromatic nitrogens is 4. The van der Waals surface area contributed by atoms with Crippen LogP contribution in [0.2, 0.25) is 0 Å². The van der Waals surface area contributed by atoms with Gasteiger partial charge in [0.25, 0.3) is 0 Å². The molecule has 0 atom stereocenters. The summed E-state index contributed by atoms with van der Waals surface area (Å²) in [5.74, 6) is 0.925. The van der Waals surface area contributed by atoms with Crippen molar-refractivity contribution in [2.75, 3.05) is 9.80 Å². The van der Waals surface area contributed by atoms with Gasteiger partial charge in [0.15, 0.2) is 0 Å². The maximum atomic E-state index is 5.16. The molecule has 4 aliphatic rings. The van der Waals surface area contributed by atoms with Crippen molar-refractivity contribution in [2.45, 2.75) is 30.4 Å². The largest absolute Gasteiger partial charge is 0.310 e. The van der Waals surface area contributed by atoms with Gasteiger partial charge in [-0.1, -0.05) is 254 Å². The fourth-order valence-corrected chi connectivity index (χ4v) is 23.1. The Bertz CT molecular complexity index is 7430. The Labute approximate surface area is 671 Å². The van der Waals surface area contributed by atoms with E-state index in [1.165, 1.54) is 156 Å². The van der Waals surface area contributed by atoms with Crippen molar-refractivity contribution < 1.29 is 0 Å². The third kappa shape index (κ3) is 9.37. The third-order valence-electron chi connectivity index (χ3n) is 24.2. The number of anilines is 6. The van der Waals surface area contributed by atoms with Gasteiger partial charge in [-0.3, -0.25) is 4.57 Å². The van der Waals surface area contributed by atoms with Crippen molar-refractivity contribution in [3.63, 3.8) is 0 Å². The molecular formula is C105H66N6S3. The summed E-state index contributed by atoms with van der Waals surface area (Å²) in [7, 11) is 0. The Morgan fingerprint density at radius 2 is 0.596 bits per heavy atom. The van der Waals surface area contributed by atoms with E-state index < -0.39 is 10.8 Å². The lowest BCUT2D eigenvalue weighted by atomic mass is 9.62. The van der Waals surface area contributed by atoms with Crippen LogP contribution in [0.1, 0.15) is 44.5 Å². The lowest BCUT2D eigenvalue weighted by Gasteiger charge is -2.49. The van der Waals surface area contributed by atoms with Crippen LogP contribution in [0.3, 0.4) is 0 Å². The van der Waals surface area contributed by atoms with Crippen molar-refractivity contribution in [1.29, 1.82) is 0 Å². The molecule has 2 spiro atoms. The van der Waals surface area contributed by atoms with Crippen molar-refractivity contribution >= 4 is 144 Å². The van der Waals surface area contributed by atoms with Crippen LogP contribution in [-0.4, -0.2) is 18.7 Å². The summed E-state index contributed by atoms with van der Waals surface area (Å²) in [6.45, 7) is 0. The van der Waals surface area contributed by atoms with E-state index in [1.807, 2.05) is 34.9 Å². The van der Waals surface area contributed by atoms with Gasteiger partial charge in [0.1, 0.15) is 5.82 Å². The predicted octanol–water partition coefficient (Wildman–Crippen LogP) is 28.2. The minimum atomic E-state index is -0.557. The Morgan fingerprint density at radius 1 is 0.219 bits per heavy atom. The smallest absolute Gasteiger partial charge is 0.145 e. The molecule has 6 nitrogen and oxygen atoms in total. The fourth-order valence-electron chi connectivity index (χ4n) is 19.6. The highest BCUT2D eigenvalue weighted by atomic mass is 32.2. The summed E-state index contributed by atoms with van der Waals surface area (Å²) in [5, 5.41) is 7.65. The summed E-state index contributed by atoms with van der Waals surface area (Å²) in [4.78, 5) is 15.2. The number of imidazole rings is 1. The van der Waals surface area contributed by atoms with E-state index in [9.17, 15) is 0 Å². The van der Waals surface area contributed by atoms with Gasteiger partial charge in [0, 0.05) is 95.3 Å². The van der Waals surface area contributed by atoms with Crippen LogP contribution in [0, 0.1) is 0 Å². The Kier molecular flexibility index (Phi) is 14.5. The van der Waals surface area contributed by atoms with Crippen LogP contribution in [-0.2, 0) is 10.8 Å². The van der Waals surface area contributed by atoms with Crippen molar-refractivity contribution in [3.05, 3.63) is 445 Å². The lowest BCUT2D eigenvalue weighted by Crippen LogP contribution is -2.39. The van der Waals surface area contributed by atoms with Crippen LogP contribution < -0.4 is 9.80 Å². The van der Waals surface area contributed by atoms with Crippen molar-refractivity contribution in [2.24, 2.45) is 0 Å². The predicted molar refractivity (Wildman–Crippen MR) is 476 cm³/mol. The molecular weight excluding hydrogens is 1440 g/mol. The molecule has 0 saturated carbocycles. The Balaban J connectivity index is 0.000000133. The molecule has 9 heteroatoms. The second kappa shape index (κ2) is 25.4. The highest BCUT2D eigenvalue weighted by molar-refractivity contribution is 7.99. The minimum absolute atomic E-state index is 0.526. The lowest BCUT2D eigenvalue weighted by molar-refractivity contribution is 0.693. The molecule has 0 N–H and O–H groups in total. The van der Waals surface area contributed by atoms with E-state index in [-0.39, 0.29) is 0 Å². The summed E-state index contributed by atoms with van der Waals surface area (Å²) >= 11 is 5.67. The quantitative estimate of drug-likeness (QED) is 0.166. The summed E-state index contributed by atoms with van der Waals surface area (Å²) in [6.07, 6.45) is 0. The molecule has 0 unspecified atom stereocenters. The van der Waals surface area contributed by atoms with Gasteiger partial charge in [-0.25, -0.2) is 4.98 Å². The average molecular weight is 1510 g/mol. The molecule has 114 heavy (non-hydrogen) atoms. The molecule has 0 bridgehead atoms. The van der Waals surface area contributed by atoms with Gasteiger partial charge in [0.05, 0.1) is 66.7 Å². The standard InChI is InChI=1S/C56H36N4S.C49H30N2S2/c1-3-17-38(18-4-1)59-49-27-13-8-22-43(49)56(44-23-9-14-28-50(44)59)45-24-10-16-30-53(45)61-54-36-52-42(35-46(54)56)41-21-7-12-26-48(41)58(52)40-33-31-37(32-34-40)55-57-47-25-11-15-29-51(47)60(55)39-19-5-2-6-20-39;1-2-14-31(15-3-1)50-42-22-10-6-18-37(42)49(38-19-7-11-23-43(38)50)39-20-8-13-25-47(39)53-48-30-44-35(29-40(48)49)33-16-4-9-21-41(33)51(44)32-26-27-46-36(28-32)34-17-5-12-24-45(34)52-46/h1-36H;1-30H. The summed E-state index contributed by atoms with van der Waals surface area (Å²) < 4.78 is 9.85. The molecule has 534 valence electrons. The van der Waals surface area contributed by atoms with Gasteiger partial charge in [-0.15, -0.1) is 11.3 Å². The zero-order valence-corrected chi connectivity index (χ0v) is 64.0. The maximum Gasteiger partial charge on any atom is 0.145 e. The van der Waals surface area contributed by atoms with Crippen LogP contribution in [0.15, 0.2) is 420 Å². The number of benzene rings is 17. The summed E-state index contributed by atoms with van der Waals surface area (Å²) in [5.41, 5.74) is 27.9. The number of hydrogen-bond acceptors (Lipinski definition) is 6. The molecule has 0 amide bonds. The highest BCUT2D eigenvalue weighted by Crippen LogP contribution is 2.66. The normalized spacial score (nSPS) is 13.8. The Morgan fingerprint density at radius 3 is 1.11 bits per heavy atom. The molecule has 0 aliphatic carbocycles. The molecule has 0 saturated heterocycles. The molecule has 4 aliphatic heterocycles. The zero-order chi connectivity index (χ0) is 74.7. The van der Waals surface area contributed by atoms with Crippen molar-refractivity contribution in [1.82, 2.24) is 18.7 Å². The van der Waals surface area contributed by atoms with Crippen LogP contribution >= 0.6 is 34.9 Å². The molecule has 0 fully saturated rings. The monoisotopic (exact) mass is 1510 g/mol. The zero-order valence-electron chi connectivity index (χ0n) is 61.5. The number of fused-ring (bicyclic) bond motifs is 26. The van der Waals surface area contributed by atoms with Crippen LogP contribution in [0.5, 0.6) is 0 Å². The van der Waals surface area contributed by atoms with E-state index in [4.69, 9.17) is 4.98 Å². The van der Waals surface area contributed by atoms with E-state index >= 15 is 0 Å². The second-order valence-electron chi connectivity index (χ2n) is 30.0. The van der Waals surface area contributed by atoms with Crippen molar-refractivity contribution in [3.8, 4) is 28.5 Å². The molecule has 21 aromatic rings. The van der Waals surface area contributed by atoms with Gasteiger partial charge in [-0.2, -0.15) is 0 Å². The number of nitrogens with zero attached hydrogens (tertiary/aromatic N) is 6. The number of hydrogen-bond donors (Lipinski definition) is 0. The van der Waals surface area contributed by atoms with Gasteiger partial charge < -0.3 is 18.9 Å². The highest BCUT2D eigenvalue weighted by Gasteiger charge is 2.53. The fraction of sp³-hybridized carbons (Fsp3) is 0.0190. The molecule has 0 radical (unpaired) electrons. The molecule has 8 heterocycles.